The Labute approximate surface area is 173 Å². The molecule has 6 heteroatoms. The van der Waals surface area contributed by atoms with Crippen LogP contribution >= 0.6 is 15.9 Å². The van der Waals surface area contributed by atoms with Crippen LogP contribution in [0.4, 0.5) is 0 Å². The van der Waals surface area contributed by atoms with Gasteiger partial charge in [0.25, 0.3) is 0 Å². The molecule has 3 aromatic rings. The van der Waals surface area contributed by atoms with Crippen molar-refractivity contribution in [2.75, 3.05) is 19.6 Å². The van der Waals surface area contributed by atoms with Crippen LogP contribution in [0.15, 0.2) is 53.0 Å². The zero-order chi connectivity index (χ0) is 19.5. The van der Waals surface area contributed by atoms with Crippen LogP contribution in [0.3, 0.4) is 0 Å². The zero-order valence-electron chi connectivity index (χ0n) is 16.0. The Bertz CT molecular complexity index is 1000. The van der Waals surface area contributed by atoms with Crippen LogP contribution in [0.25, 0.3) is 11.0 Å². The van der Waals surface area contributed by atoms with Gasteiger partial charge < -0.3 is 19.1 Å². The fraction of sp³-hybridized carbons (Fsp3) is 0.409. The molecule has 0 amide bonds. The van der Waals surface area contributed by atoms with E-state index in [0.717, 1.165) is 47.2 Å². The molecule has 0 unspecified atom stereocenters. The maximum Gasteiger partial charge on any atom is 0.203 e. The van der Waals surface area contributed by atoms with Gasteiger partial charge in [-0.25, -0.2) is 0 Å². The molecule has 2 aromatic carbocycles. The molecule has 0 bridgehead atoms. The van der Waals surface area contributed by atoms with E-state index in [1.165, 1.54) is 19.3 Å². The highest BCUT2D eigenvalue weighted by Crippen LogP contribution is 2.21. The second kappa shape index (κ2) is 8.64. The van der Waals surface area contributed by atoms with E-state index < -0.39 is 6.10 Å². The van der Waals surface area contributed by atoms with Gasteiger partial charge in [0.15, 0.2) is 0 Å². The lowest BCUT2D eigenvalue weighted by molar-refractivity contribution is 0.155. The monoisotopic (exact) mass is 442 g/mol. The SMILES string of the molecule is N=c1n(CCN2CCCCC2)c2ccccc2n1C[C@@H](O)c1cccc(Br)c1. The third-order valence-corrected chi connectivity index (χ3v) is 6.15. The van der Waals surface area contributed by atoms with Crippen molar-refractivity contribution in [2.45, 2.75) is 38.5 Å². The minimum absolute atomic E-state index is 0.368. The number of benzene rings is 2. The first-order chi connectivity index (χ1) is 13.6. The van der Waals surface area contributed by atoms with Crippen LogP contribution < -0.4 is 5.62 Å². The number of aliphatic hydroxyl groups is 1. The summed E-state index contributed by atoms with van der Waals surface area (Å²) in [6.07, 6.45) is 3.23. The quantitative estimate of drug-likeness (QED) is 0.607. The van der Waals surface area contributed by atoms with Crippen molar-refractivity contribution in [3.05, 3.63) is 64.2 Å². The van der Waals surface area contributed by atoms with Gasteiger partial charge in [0, 0.05) is 17.6 Å². The van der Waals surface area contributed by atoms with Crippen molar-refractivity contribution >= 4 is 27.0 Å². The number of nitrogens with one attached hydrogen (secondary N) is 1. The highest BCUT2D eigenvalue weighted by Gasteiger charge is 2.16. The highest BCUT2D eigenvalue weighted by molar-refractivity contribution is 9.10. The van der Waals surface area contributed by atoms with Crippen LogP contribution in [-0.4, -0.2) is 38.8 Å². The predicted molar refractivity (Wildman–Crippen MR) is 115 cm³/mol. The average molecular weight is 443 g/mol. The number of hydrogen-bond acceptors (Lipinski definition) is 3. The fourth-order valence-corrected chi connectivity index (χ4v) is 4.54. The first-order valence-electron chi connectivity index (χ1n) is 10.0. The minimum atomic E-state index is -0.659. The second-order valence-electron chi connectivity index (χ2n) is 7.55. The Kier molecular flexibility index (Phi) is 5.99. The van der Waals surface area contributed by atoms with Crippen LogP contribution in [0.2, 0.25) is 0 Å². The maximum absolute atomic E-state index is 10.8. The third kappa shape index (κ3) is 4.09. The first kappa shape index (κ1) is 19.4. The molecule has 5 nitrogen and oxygen atoms in total. The van der Waals surface area contributed by atoms with Gasteiger partial charge in [-0.3, -0.25) is 5.41 Å². The molecule has 1 saturated heterocycles. The number of likely N-dealkylation sites (tertiary alicyclic amines) is 1. The van der Waals surface area contributed by atoms with Gasteiger partial charge in [0.2, 0.25) is 5.62 Å². The van der Waals surface area contributed by atoms with Crippen LogP contribution in [0.5, 0.6) is 0 Å². The molecule has 1 aliphatic heterocycles. The van der Waals surface area contributed by atoms with Gasteiger partial charge in [-0.15, -0.1) is 0 Å². The molecular formula is C22H27BrN4O. The second-order valence-corrected chi connectivity index (χ2v) is 8.46. The van der Waals surface area contributed by atoms with Gasteiger partial charge in [-0.05, 0) is 55.8 Å². The Morgan fingerprint density at radius 2 is 1.64 bits per heavy atom. The fourth-order valence-electron chi connectivity index (χ4n) is 4.12. The van der Waals surface area contributed by atoms with Crippen molar-refractivity contribution in [2.24, 2.45) is 0 Å². The number of aromatic nitrogens is 2. The standard InChI is InChI=1S/C22H27BrN4O/c23-18-8-6-7-17(15-18)21(28)16-27-20-10-3-2-9-19(20)26(22(27)24)14-13-25-11-4-1-5-12-25/h2-3,6-10,15,21,24,28H,1,4-5,11-14,16H2/t21-/m1/s1. The lowest BCUT2D eigenvalue weighted by Gasteiger charge is -2.26. The normalized spacial score (nSPS) is 16.5. The minimum Gasteiger partial charge on any atom is -0.387 e. The molecular weight excluding hydrogens is 416 g/mol. The number of para-hydroxylation sites is 2. The molecule has 1 atom stereocenters. The molecule has 2 N–H and O–H groups in total. The largest absolute Gasteiger partial charge is 0.387 e. The molecule has 4 rings (SSSR count). The van der Waals surface area contributed by atoms with Crippen molar-refractivity contribution < 1.29 is 5.11 Å². The summed E-state index contributed by atoms with van der Waals surface area (Å²) in [5, 5.41) is 19.6. The zero-order valence-corrected chi connectivity index (χ0v) is 17.6. The van der Waals surface area contributed by atoms with E-state index in [9.17, 15) is 5.11 Å². The summed E-state index contributed by atoms with van der Waals surface area (Å²) in [6.45, 7) is 4.47. The van der Waals surface area contributed by atoms with Gasteiger partial charge in [-0.1, -0.05) is 46.6 Å². The molecule has 1 aliphatic rings. The average Bonchev–Trinajstić information content (AvgIpc) is 2.98. The van der Waals surface area contributed by atoms with E-state index in [1.54, 1.807) is 0 Å². The number of piperidine rings is 1. The molecule has 2 heterocycles. The number of fused-ring (bicyclic) bond motifs is 1. The molecule has 0 saturated carbocycles. The van der Waals surface area contributed by atoms with Crippen molar-refractivity contribution in [1.29, 1.82) is 5.41 Å². The maximum atomic E-state index is 10.8. The van der Waals surface area contributed by atoms with E-state index >= 15 is 0 Å². The number of rotatable bonds is 6. The summed E-state index contributed by atoms with van der Waals surface area (Å²) in [6, 6.07) is 15.9. The number of hydrogen-bond donors (Lipinski definition) is 2. The molecule has 1 fully saturated rings. The van der Waals surface area contributed by atoms with Gasteiger partial charge in [-0.2, -0.15) is 0 Å². The van der Waals surface area contributed by atoms with E-state index in [1.807, 2.05) is 47.0 Å². The van der Waals surface area contributed by atoms with Crippen LogP contribution in [0.1, 0.15) is 30.9 Å². The summed E-state index contributed by atoms with van der Waals surface area (Å²) in [4.78, 5) is 2.50. The summed E-state index contributed by atoms with van der Waals surface area (Å²) in [5.41, 5.74) is 3.37. The summed E-state index contributed by atoms with van der Waals surface area (Å²) in [7, 11) is 0. The Morgan fingerprint density at radius 3 is 2.36 bits per heavy atom. The van der Waals surface area contributed by atoms with Gasteiger partial charge in [0.05, 0.1) is 23.7 Å². The number of nitrogens with zero attached hydrogens (tertiary/aromatic N) is 3. The van der Waals surface area contributed by atoms with Crippen molar-refractivity contribution in [3.8, 4) is 0 Å². The van der Waals surface area contributed by atoms with Crippen molar-refractivity contribution in [3.63, 3.8) is 0 Å². The predicted octanol–water partition coefficient (Wildman–Crippen LogP) is 3.90. The number of aliphatic hydroxyl groups excluding tert-OH is 1. The topological polar surface area (TPSA) is 57.2 Å². The third-order valence-electron chi connectivity index (χ3n) is 5.65. The van der Waals surface area contributed by atoms with E-state index in [2.05, 4.69) is 31.5 Å². The Balaban J connectivity index is 1.61. The van der Waals surface area contributed by atoms with Crippen LogP contribution in [0, 0.1) is 5.41 Å². The number of imidazole rings is 1. The van der Waals surface area contributed by atoms with E-state index in [-0.39, 0.29) is 0 Å². The van der Waals surface area contributed by atoms with E-state index in [4.69, 9.17) is 5.41 Å². The van der Waals surface area contributed by atoms with Gasteiger partial charge >= 0.3 is 0 Å². The summed E-state index contributed by atoms with van der Waals surface area (Å²) in [5.74, 6) is 0. The summed E-state index contributed by atoms with van der Waals surface area (Å²) >= 11 is 3.47. The Morgan fingerprint density at radius 1 is 0.929 bits per heavy atom. The molecule has 0 spiro atoms. The highest BCUT2D eigenvalue weighted by atomic mass is 79.9. The van der Waals surface area contributed by atoms with Crippen LogP contribution in [-0.2, 0) is 13.1 Å². The smallest absolute Gasteiger partial charge is 0.203 e. The first-order valence-corrected chi connectivity index (χ1v) is 10.8. The van der Waals surface area contributed by atoms with E-state index in [0.29, 0.717) is 12.2 Å². The molecule has 28 heavy (non-hydrogen) atoms. The lowest BCUT2D eigenvalue weighted by atomic mass is 10.1. The lowest BCUT2D eigenvalue weighted by Crippen LogP contribution is -2.35. The molecule has 0 aliphatic carbocycles. The Hall–Kier alpha value is -1.89. The molecule has 1 aromatic heterocycles. The summed E-state index contributed by atoms with van der Waals surface area (Å²) < 4.78 is 4.96. The van der Waals surface area contributed by atoms with Gasteiger partial charge in [0.1, 0.15) is 0 Å². The molecule has 0 radical (unpaired) electrons. The number of halogens is 1. The van der Waals surface area contributed by atoms with Crippen molar-refractivity contribution in [1.82, 2.24) is 14.0 Å². The molecule has 148 valence electrons.